The van der Waals surface area contributed by atoms with E-state index in [2.05, 4.69) is 4.98 Å². The molecule has 1 saturated heterocycles. The van der Waals surface area contributed by atoms with Gasteiger partial charge in [0.2, 0.25) is 0 Å². The van der Waals surface area contributed by atoms with Gasteiger partial charge in [-0.2, -0.15) is 4.98 Å². The summed E-state index contributed by atoms with van der Waals surface area (Å²) in [5.74, 6) is -0.0273. The predicted molar refractivity (Wildman–Crippen MR) is 54.9 cm³/mol. The van der Waals surface area contributed by atoms with E-state index in [9.17, 15) is 4.79 Å². The van der Waals surface area contributed by atoms with E-state index >= 15 is 0 Å². The zero-order chi connectivity index (χ0) is 11.7. The van der Waals surface area contributed by atoms with Crippen molar-refractivity contribution < 1.29 is 14.6 Å². The number of rotatable bonds is 2. The first kappa shape index (κ1) is 11.3. The molecule has 1 aliphatic heterocycles. The lowest BCUT2D eigenvalue weighted by Gasteiger charge is -2.12. The van der Waals surface area contributed by atoms with Crippen LogP contribution in [0.1, 0.15) is 6.23 Å². The number of aromatic nitrogens is 2. The Hall–Kier alpha value is -1.15. The zero-order valence-electron chi connectivity index (χ0n) is 8.17. The molecule has 2 atom stereocenters. The maximum atomic E-state index is 11.5. The molecule has 0 radical (unpaired) electrons. The van der Waals surface area contributed by atoms with Crippen LogP contribution in [-0.2, 0) is 9.47 Å². The molecule has 88 valence electrons. The maximum absolute atomic E-state index is 11.5. The van der Waals surface area contributed by atoms with E-state index in [0.717, 1.165) is 0 Å². The second-order valence-electron chi connectivity index (χ2n) is 3.20. The SMILES string of the molecule is Nc1nc(=O)n([C@H]2CO[C@@H](CO)O2)cc1Cl. The van der Waals surface area contributed by atoms with Crippen LogP contribution >= 0.6 is 11.6 Å². The summed E-state index contributed by atoms with van der Waals surface area (Å²) < 4.78 is 11.5. The molecule has 3 N–H and O–H groups in total. The molecule has 8 heteroatoms. The Morgan fingerprint density at radius 2 is 2.50 bits per heavy atom. The van der Waals surface area contributed by atoms with Gasteiger partial charge in [-0.15, -0.1) is 0 Å². The van der Waals surface area contributed by atoms with Crippen molar-refractivity contribution in [3.05, 3.63) is 21.7 Å². The zero-order valence-corrected chi connectivity index (χ0v) is 8.92. The Bertz CT molecular complexity index is 449. The molecule has 0 spiro atoms. The molecule has 1 fully saturated rings. The first-order valence-electron chi connectivity index (χ1n) is 4.54. The number of aliphatic hydroxyl groups excluding tert-OH is 1. The molecular formula is C8H10ClN3O4. The Morgan fingerprint density at radius 3 is 3.12 bits per heavy atom. The Kier molecular flexibility index (Phi) is 3.10. The minimum absolute atomic E-state index is 0.0273. The van der Waals surface area contributed by atoms with Crippen molar-refractivity contribution in [1.29, 1.82) is 0 Å². The van der Waals surface area contributed by atoms with Crippen molar-refractivity contribution >= 4 is 17.4 Å². The Balaban J connectivity index is 2.28. The number of halogens is 1. The third-order valence-corrected chi connectivity index (χ3v) is 2.42. The van der Waals surface area contributed by atoms with Gasteiger partial charge in [0.25, 0.3) is 0 Å². The predicted octanol–water partition coefficient (Wildman–Crippen LogP) is -0.657. The number of nitrogens with two attached hydrogens (primary N) is 1. The summed E-state index contributed by atoms with van der Waals surface area (Å²) in [4.78, 5) is 15.0. The van der Waals surface area contributed by atoms with Gasteiger partial charge in [0.15, 0.2) is 12.5 Å². The molecule has 2 heterocycles. The normalized spacial score (nSPS) is 24.9. The smallest absolute Gasteiger partial charge is 0.351 e. The summed E-state index contributed by atoms with van der Waals surface area (Å²) in [5.41, 5.74) is 4.80. The lowest BCUT2D eigenvalue weighted by atomic mass is 10.5. The average Bonchev–Trinajstić information content (AvgIpc) is 2.71. The van der Waals surface area contributed by atoms with E-state index in [0.29, 0.717) is 0 Å². The number of ether oxygens (including phenoxy) is 2. The van der Waals surface area contributed by atoms with E-state index < -0.39 is 18.2 Å². The Labute approximate surface area is 95.4 Å². The van der Waals surface area contributed by atoms with Crippen LogP contribution in [0.5, 0.6) is 0 Å². The molecule has 0 amide bonds. The first-order valence-corrected chi connectivity index (χ1v) is 4.91. The molecule has 16 heavy (non-hydrogen) atoms. The number of nitrogens with zero attached hydrogens (tertiary/aromatic N) is 2. The standard InChI is InChI=1S/C8H10ClN3O4/c9-4-1-12(8(14)11-7(4)10)5-3-15-6(2-13)16-5/h1,5-6,13H,2-3H2,(H2,10,11,14)/t5-,6-/m1/s1. The van der Waals surface area contributed by atoms with Crippen molar-refractivity contribution in [2.45, 2.75) is 12.5 Å². The van der Waals surface area contributed by atoms with Gasteiger partial charge < -0.3 is 20.3 Å². The molecule has 0 saturated carbocycles. The second-order valence-corrected chi connectivity index (χ2v) is 3.61. The summed E-state index contributed by atoms with van der Waals surface area (Å²) in [5, 5.41) is 8.96. The summed E-state index contributed by atoms with van der Waals surface area (Å²) >= 11 is 5.74. The number of aliphatic hydroxyl groups is 1. The van der Waals surface area contributed by atoms with Crippen LogP contribution in [0.25, 0.3) is 0 Å². The topological polar surface area (TPSA) is 99.6 Å². The van der Waals surface area contributed by atoms with E-state index in [1.54, 1.807) is 0 Å². The maximum Gasteiger partial charge on any atom is 0.351 e. The molecule has 7 nitrogen and oxygen atoms in total. The van der Waals surface area contributed by atoms with E-state index in [1.807, 2.05) is 0 Å². The van der Waals surface area contributed by atoms with Crippen LogP contribution in [0.15, 0.2) is 11.0 Å². The lowest BCUT2D eigenvalue weighted by molar-refractivity contribution is -0.0992. The number of nitrogen functional groups attached to an aromatic ring is 1. The third kappa shape index (κ3) is 2.03. The number of hydrogen-bond donors (Lipinski definition) is 2. The number of hydrogen-bond acceptors (Lipinski definition) is 6. The van der Waals surface area contributed by atoms with E-state index in [4.69, 9.17) is 31.9 Å². The minimum Gasteiger partial charge on any atom is -0.391 e. The average molecular weight is 248 g/mol. The molecule has 2 rings (SSSR count). The summed E-state index contributed by atoms with van der Waals surface area (Å²) in [7, 11) is 0. The Morgan fingerprint density at radius 1 is 1.75 bits per heavy atom. The fourth-order valence-corrected chi connectivity index (χ4v) is 1.50. The van der Waals surface area contributed by atoms with Crippen LogP contribution in [0.4, 0.5) is 5.82 Å². The fraction of sp³-hybridized carbons (Fsp3) is 0.500. The highest BCUT2D eigenvalue weighted by molar-refractivity contribution is 6.32. The highest BCUT2D eigenvalue weighted by Crippen LogP contribution is 2.21. The van der Waals surface area contributed by atoms with Crippen LogP contribution < -0.4 is 11.4 Å². The van der Waals surface area contributed by atoms with Gasteiger partial charge >= 0.3 is 5.69 Å². The number of anilines is 1. The molecule has 1 aliphatic rings. The second kappa shape index (κ2) is 4.38. The van der Waals surface area contributed by atoms with Gasteiger partial charge in [-0.1, -0.05) is 11.6 Å². The van der Waals surface area contributed by atoms with Crippen LogP contribution in [-0.4, -0.2) is 34.2 Å². The van der Waals surface area contributed by atoms with Gasteiger partial charge in [-0.05, 0) is 0 Å². The first-order chi connectivity index (χ1) is 7.61. The molecule has 0 bridgehead atoms. The fourth-order valence-electron chi connectivity index (χ4n) is 1.35. The minimum atomic E-state index is -0.728. The summed E-state index contributed by atoms with van der Waals surface area (Å²) in [6, 6.07) is 0. The van der Waals surface area contributed by atoms with Gasteiger partial charge in [-0.25, -0.2) is 4.79 Å². The molecular weight excluding hydrogens is 238 g/mol. The molecule has 0 unspecified atom stereocenters. The van der Waals surface area contributed by atoms with Crippen molar-refractivity contribution in [3.63, 3.8) is 0 Å². The van der Waals surface area contributed by atoms with E-state index in [-0.39, 0.29) is 24.1 Å². The molecule has 1 aromatic heterocycles. The van der Waals surface area contributed by atoms with Gasteiger partial charge in [-0.3, -0.25) is 4.57 Å². The monoisotopic (exact) mass is 247 g/mol. The quantitative estimate of drug-likeness (QED) is 0.720. The van der Waals surface area contributed by atoms with Gasteiger partial charge in [0, 0.05) is 6.20 Å². The largest absolute Gasteiger partial charge is 0.391 e. The van der Waals surface area contributed by atoms with Gasteiger partial charge in [0.1, 0.15) is 5.82 Å². The summed E-state index contributed by atoms with van der Waals surface area (Å²) in [6.45, 7) is -0.131. The van der Waals surface area contributed by atoms with Crippen molar-refractivity contribution in [2.24, 2.45) is 0 Å². The molecule has 0 aromatic carbocycles. The van der Waals surface area contributed by atoms with Gasteiger partial charge in [0.05, 0.1) is 18.2 Å². The van der Waals surface area contributed by atoms with Crippen LogP contribution in [0.2, 0.25) is 5.02 Å². The van der Waals surface area contributed by atoms with E-state index in [1.165, 1.54) is 10.8 Å². The van der Waals surface area contributed by atoms with Crippen molar-refractivity contribution in [1.82, 2.24) is 9.55 Å². The van der Waals surface area contributed by atoms with Crippen LogP contribution in [0.3, 0.4) is 0 Å². The van der Waals surface area contributed by atoms with Crippen molar-refractivity contribution in [2.75, 3.05) is 18.9 Å². The highest BCUT2D eigenvalue weighted by atomic mass is 35.5. The molecule has 0 aliphatic carbocycles. The summed E-state index contributed by atoms with van der Waals surface area (Å²) in [6.07, 6.45) is -0.0384. The van der Waals surface area contributed by atoms with Crippen LogP contribution in [0, 0.1) is 0 Å². The molecule has 1 aromatic rings. The highest BCUT2D eigenvalue weighted by Gasteiger charge is 2.27. The lowest BCUT2D eigenvalue weighted by Crippen LogP contribution is -2.29. The van der Waals surface area contributed by atoms with Crippen molar-refractivity contribution in [3.8, 4) is 0 Å². The third-order valence-electron chi connectivity index (χ3n) is 2.13.